The number of benzene rings is 3. The molecule has 2 N–H and O–H groups in total. The van der Waals surface area contributed by atoms with Crippen LogP contribution in [0.1, 0.15) is 40.9 Å². The number of rotatable bonds is 7. The van der Waals surface area contributed by atoms with Crippen molar-refractivity contribution >= 4 is 29.1 Å². The molecule has 0 radical (unpaired) electrons. The Hall–Kier alpha value is -3.11. The summed E-state index contributed by atoms with van der Waals surface area (Å²) < 4.78 is 0. The minimum Gasteiger partial charge on any atom is -0.345 e. The fourth-order valence-corrected chi connectivity index (χ4v) is 3.28. The first kappa shape index (κ1) is 20.6. The fourth-order valence-electron chi connectivity index (χ4n) is 3.05. The van der Waals surface area contributed by atoms with Gasteiger partial charge in [0, 0.05) is 11.4 Å². The highest BCUT2D eigenvalue weighted by Crippen LogP contribution is 2.20. The Balaban J connectivity index is 1.64. The van der Waals surface area contributed by atoms with Crippen LogP contribution >= 0.6 is 11.6 Å². The Morgan fingerprint density at radius 1 is 0.897 bits per heavy atom. The molecule has 3 rings (SSSR count). The van der Waals surface area contributed by atoms with Gasteiger partial charge in [-0.15, -0.1) is 0 Å². The normalized spacial score (nSPS) is 11.5. The van der Waals surface area contributed by atoms with Gasteiger partial charge in [0.05, 0.1) is 17.3 Å². The van der Waals surface area contributed by atoms with E-state index < -0.39 is 0 Å². The summed E-state index contributed by atoms with van der Waals surface area (Å²) in [6, 6.07) is 24.1. The molecule has 29 heavy (non-hydrogen) atoms. The number of carbonyl (C=O) groups is 2. The van der Waals surface area contributed by atoms with Gasteiger partial charge < -0.3 is 10.6 Å². The zero-order chi connectivity index (χ0) is 20.6. The molecule has 0 saturated carbocycles. The van der Waals surface area contributed by atoms with Crippen LogP contribution in [0.2, 0.25) is 5.02 Å². The second kappa shape index (κ2) is 9.89. The number of carbonyl (C=O) groups excluding carboxylic acids is 2. The number of anilines is 1. The van der Waals surface area contributed by atoms with Gasteiger partial charge in [-0.05, 0) is 42.7 Å². The zero-order valence-electron chi connectivity index (χ0n) is 16.2. The Morgan fingerprint density at radius 3 is 2.31 bits per heavy atom. The van der Waals surface area contributed by atoms with Gasteiger partial charge in [-0.1, -0.05) is 72.3 Å². The highest BCUT2D eigenvalue weighted by Gasteiger charge is 2.16. The van der Waals surface area contributed by atoms with Gasteiger partial charge >= 0.3 is 0 Å². The molecule has 0 aromatic heterocycles. The Bertz CT molecular complexity index is 989. The van der Waals surface area contributed by atoms with Crippen LogP contribution in [0.15, 0.2) is 78.9 Å². The summed E-state index contributed by atoms with van der Waals surface area (Å²) in [7, 11) is 0. The van der Waals surface area contributed by atoms with Crippen molar-refractivity contribution < 1.29 is 9.59 Å². The minimum atomic E-state index is -0.233. The molecular formula is C24H23ClN2O2. The van der Waals surface area contributed by atoms with Gasteiger partial charge in [-0.3, -0.25) is 9.59 Å². The van der Waals surface area contributed by atoms with E-state index in [4.69, 9.17) is 11.6 Å². The molecule has 2 amide bonds. The molecule has 1 atom stereocenters. The molecule has 0 fully saturated rings. The Labute approximate surface area is 175 Å². The smallest absolute Gasteiger partial charge is 0.253 e. The zero-order valence-corrected chi connectivity index (χ0v) is 16.9. The third kappa shape index (κ3) is 5.69. The molecule has 0 saturated heterocycles. The largest absolute Gasteiger partial charge is 0.345 e. The molecule has 3 aromatic rings. The van der Waals surface area contributed by atoms with Gasteiger partial charge in [0.15, 0.2) is 0 Å². The fraction of sp³-hybridized carbons (Fsp3) is 0.167. The number of hydrogen-bond donors (Lipinski definition) is 2. The minimum absolute atomic E-state index is 0.146. The highest BCUT2D eigenvalue weighted by atomic mass is 35.5. The van der Waals surface area contributed by atoms with Crippen molar-refractivity contribution in [1.82, 2.24) is 5.32 Å². The second-order valence-corrected chi connectivity index (χ2v) is 7.20. The predicted octanol–water partition coefficient (Wildman–Crippen LogP) is 5.40. The lowest BCUT2D eigenvalue weighted by Crippen LogP contribution is -2.28. The van der Waals surface area contributed by atoms with Gasteiger partial charge in [-0.2, -0.15) is 0 Å². The van der Waals surface area contributed by atoms with Gasteiger partial charge in [0.25, 0.3) is 5.91 Å². The Morgan fingerprint density at radius 2 is 1.55 bits per heavy atom. The van der Waals surface area contributed by atoms with Crippen LogP contribution < -0.4 is 10.6 Å². The third-order valence-corrected chi connectivity index (χ3v) is 5.04. The highest BCUT2D eigenvalue weighted by molar-refractivity contribution is 6.31. The summed E-state index contributed by atoms with van der Waals surface area (Å²) >= 11 is 6.15. The van der Waals surface area contributed by atoms with E-state index in [9.17, 15) is 9.59 Å². The monoisotopic (exact) mass is 406 g/mol. The number of halogens is 1. The van der Waals surface area contributed by atoms with Crippen molar-refractivity contribution in [3.63, 3.8) is 0 Å². The summed E-state index contributed by atoms with van der Waals surface area (Å²) in [6.07, 6.45) is 0.811. The number of amides is 2. The maximum absolute atomic E-state index is 12.8. The van der Waals surface area contributed by atoms with Crippen LogP contribution in [0.25, 0.3) is 0 Å². The van der Waals surface area contributed by atoms with E-state index in [1.165, 1.54) is 0 Å². The van der Waals surface area contributed by atoms with Crippen molar-refractivity contribution in [1.29, 1.82) is 0 Å². The van der Waals surface area contributed by atoms with E-state index in [1.807, 2.05) is 61.5 Å². The average Bonchev–Trinajstić information content (AvgIpc) is 2.74. The molecular weight excluding hydrogens is 384 g/mol. The second-order valence-electron chi connectivity index (χ2n) is 6.79. The van der Waals surface area contributed by atoms with Gasteiger partial charge in [0.2, 0.25) is 5.91 Å². The molecule has 0 bridgehead atoms. The van der Waals surface area contributed by atoms with E-state index in [2.05, 4.69) is 10.6 Å². The SMILES string of the molecule is CC(NC(=O)c1ccccc1NC(=O)CCc1ccccc1Cl)c1ccccc1. The quantitative estimate of drug-likeness (QED) is 0.551. The van der Waals surface area contributed by atoms with Crippen molar-refractivity contribution in [2.45, 2.75) is 25.8 Å². The van der Waals surface area contributed by atoms with E-state index in [0.29, 0.717) is 22.7 Å². The van der Waals surface area contributed by atoms with Crippen LogP contribution in [0.3, 0.4) is 0 Å². The maximum atomic E-state index is 12.8. The first-order valence-electron chi connectivity index (χ1n) is 9.52. The molecule has 0 aliphatic rings. The molecule has 148 valence electrons. The van der Waals surface area contributed by atoms with Crippen LogP contribution in [-0.2, 0) is 11.2 Å². The number of hydrogen-bond acceptors (Lipinski definition) is 2. The summed E-state index contributed by atoms with van der Waals surface area (Å²) in [5.41, 5.74) is 2.87. The molecule has 1 unspecified atom stereocenters. The third-order valence-electron chi connectivity index (χ3n) is 4.67. The van der Waals surface area contributed by atoms with Crippen molar-refractivity contribution in [2.24, 2.45) is 0 Å². The van der Waals surface area contributed by atoms with Gasteiger partial charge in [-0.25, -0.2) is 0 Å². The molecule has 0 aliphatic carbocycles. The Kier molecular flexibility index (Phi) is 7.04. The first-order chi connectivity index (χ1) is 14.0. The lowest BCUT2D eigenvalue weighted by molar-refractivity contribution is -0.116. The average molecular weight is 407 g/mol. The van der Waals surface area contributed by atoms with E-state index in [1.54, 1.807) is 24.3 Å². The summed E-state index contributed by atoms with van der Waals surface area (Å²) in [5.74, 6) is -0.398. The van der Waals surface area contributed by atoms with Crippen molar-refractivity contribution in [3.8, 4) is 0 Å². The molecule has 0 spiro atoms. The van der Waals surface area contributed by atoms with Gasteiger partial charge in [0.1, 0.15) is 0 Å². The van der Waals surface area contributed by atoms with E-state index >= 15 is 0 Å². The molecule has 3 aromatic carbocycles. The molecule has 5 heteroatoms. The van der Waals surface area contributed by atoms with E-state index in [-0.39, 0.29) is 24.3 Å². The number of nitrogens with one attached hydrogen (secondary N) is 2. The van der Waals surface area contributed by atoms with Crippen molar-refractivity contribution in [3.05, 3.63) is 101 Å². The van der Waals surface area contributed by atoms with Crippen LogP contribution in [0.4, 0.5) is 5.69 Å². The standard InChI is InChI=1S/C24H23ClN2O2/c1-17(18-9-3-2-4-10-18)26-24(29)20-12-6-8-14-22(20)27-23(28)16-15-19-11-5-7-13-21(19)25/h2-14,17H,15-16H2,1H3,(H,26,29)(H,27,28). The lowest BCUT2D eigenvalue weighted by atomic mass is 10.1. The summed E-state index contributed by atoms with van der Waals surface area (Å²) in [5, 5.41) is 6.48. The molecule has 0 heterocycles. The molecule has 4 nitrogen and oxygen atoms in total. The van der Waals surface area contributed by atoms with Crippen LogP contribution in [-0.4, -0.2) is 11.8 Å². The van der Waals surface area contributed by atoms with E-state index in [0.717, 1.165) is 11.1 Å². The van der Waals surface area contributed by atoms with Crippen LogP contribution in [0.5, 0.6) is 0 Å². The summed E-state index contributed by atoms with van der Waals surface area (Å²) in [6.45, 7) is 1.93. The number of para-hydroxylation sites is 1. The first-order valence-corrected chi connectivity index (χ1v) is 9.90. The predicted molar refractivity (Wildman–Crippen MR) is 117 cm³/mol. The topological polar surface area (TPSA) is 58.2 Å². The lowest BCUT2D eigenvalue weighted by Gasteiger charge is -2.16. The maximum Gasteiger partial charge on any atom is 0.253 e. The number of aryl methyl sites for hydroxylation is 1. The van der Waals surface area contributed by atoms with Crippen LogP contribution in [0, 0.1) is 0 Å². The summed E-state index contributed by atoms with van der Waals surface area (Å²) in [4.78, 5) is 25.2. The van der Waals surface area contributed by atoms with Crippen molar-refractivity contribution in [2.75, 3.05) is 5.32 Å². The molecule has 0 aliphatic heterocycles.